The fraction of sp³-hybridized carbons (Fsp3) is 0.769. The zero-order valence-electron chi connectivity index (χ0n) is 20.3. The first-order valence-corrected chi connectivity index (χ1v) is 12.3. The first-order valence-electron chi connectivity index (χ1n) is 12.3. The number of hydrogen-bond acceptors (Lipinski definition) is 6. The predicted molar refractivity (Wildman–Crippen MR) is 121 cm³/mol. The van der Waals surface area contributed by atoms with E-state index in [1.165, 1.54) is 12.8 Å². The highest BCUT2D eigenvalue weighted by atomic mass is 16.8. The van der Waals surface area contributed by atoms with Gasteiger partial charge in [0.15, 0.2) is 5.79 Å². The van der Waals surface area contributed by atoms with Crippen LogP contribution in [0.5, 0.6) is 5.75 Å². The summed E-state index contributed by atoms with van der Waals surface area (Å²) < 4.78 is 24.2. The highest BCUT2D eigenvalue weighted by molar-refractivity contribution is 5.28. The van der Waals surface area contributed by atoms with Gasteiger partial charge in [-0.05, 0) is 65.2 Å². The van der Waals surface area contributed by atoms with E-state index in [0.29, 0.717) is 6.61 Å². The van der Waals surface area contributed by atoms with Crippen molar-refractivity contribution in [1.29, 1.82) is 0 Å². The maximum atomic E-state index is 6.64. The van der Waals surface area contributed by atoms with Gasteiger partial charge in [0.05, 0.1) is 18.8 Å². The molecule has 1 saturated carbocycles. The number of hydroxylamine groups is 2. The lowest BCUT2D eigenvalue weighted by atomic mass is 9.78. The Morgan fingerprint density at radius 2 is 1.53 bits per heavy atom. The van der Waals surface area contributed by atoms with E-state index in [0.717, 1.165) is 43.6 Å². The van der Waals surface area contributed by atoms with Crippen molar-refractivity contribution in [2.24, 2.45) is 0 Å². The smallest absolute Gasteiger partial charge is 0.172 e. The number of piperidine rings is 1. The second-order valence-electron chi connectivity index (χ2n) is 11.4. The molecule has 0 radical (unpaired) electrons. The Balaban J connectivity index is 1.26. The molecule has 178 valence electrons. The Morgan fingerprint density at radius 3 is 2.06 bits per heavy atom. The molecule has 4 fully saturated rings. The average molecular weight is 446 g/mol. The van der Waals surface area contributed by atoms with Crippen molar-refractivity contribution in [3.8, 4) is 5.75 Å². The van der Waals surface area contributed by atoms with Gasteiger partial charge >= 0.3 is 0 Å². The first-order chi connectivity index (χ1) is 15.2. The normalized spacial score (nSPS) is 33.6. The predicted octanol–water partition coefficient (Wildman–Crippen LogP) is 5.16. The van der Waals surface area contributed by atoms with Crippen molar-refractivity contribution in [2.45, 2.75) is 114 Å². The minimum atomic E-state index is -0.500. The first kappa shape index (κ1) is 22.6. The van der Waals surface area contributed by atoms with E-state index in [1.54, 1.807) is 0 Å². The third-order valence-electron chi connectivity index (χ3n) is 7.33. The summed E-state index contributed by atoms with van der Waals surface area (Å²) >= 11 is 0. The van der Waals surface area contributed by atoms with Crippen molar-refractivity contribution in [2.75, 3.05) is 13.2 Å². The number of rotatable bonds is 6. The zero-order valence-corrected chi connectivity index (χ0v) is 20.3. The molecule has 0 bridgehead atoms. The zero-order chi connectivity index (χ0) is 22.6. The number of ether oxygens (including phenoxy) is 4. The molecule has 0 aromatic heterocycles. The van der Waals surface area contributed by atoms with E-state index in [-0.39, 0.29) is 35.5 Å². The molecule has 4 unspecified atom stereocenters. The van der Waals surface area contributed by atoms with Crippen LogP contribution in [0.25, 0.3) is 0 Å². The molecule has 1 aromatic carbocycles. The van der Waals surface area contributed by atoms with Crippen LogP contribution in [-0.2, 0) is 19.0 Å². The largest absolute Gasteiger partial charge is 0.491 e. The van der Waals surface area contributed by atoms with Crippen molar-refractivity contribution < 1.29 is 23.8 Å². The van der Waals surface area contributed by atoms with Gasteiger partial charge in [0.2, 0.25) is 0 Å². The highest BCUT2D eigenvalue weighted by Crippen LogP contribution is 2.52. The third-order valence-corrected chi connectivity index (χ3v) is 7.33. The van der Waals surface area contributed by atoms with Gasteiger partial charge < -0.3 is 18.9 Å². The molecule has 3 saturated heterocycles. The van der Waals surface area contributed by atoms with Crippen molar-refractivity contribution >= 4 is 0 Å². The van der Waals surface area contributed by atoms with Crippen LogP contribution in [-0.4, -0.2) is 53.5 Å². The van der Waals surface area contributed by atoms with Crippen molar-refractivity contribution in [1.82, 2.24) is 5.06 Å². The van der Waals surface area contributed by atoms with Crippen LogP contribution in [0, 0.1) is 0 Å². The fourth-order valence-corrected chi connectivity index (χ4v) is 6.12. The molecule has 3 aliphatic heterocycles. The van der Waals surface area contributed by atoms with Gasteiger partial charge in [0.1, 0.15) is 24.6 Å². The van der Waals surface area contributed by atoms with Crippen LogP contribution in [0.3, 0.4) is 0 Å². The van der Waals surface area contributed by atoms with E-state index < -0.39 is 5.79 Å². The number of hydrogen-bond donors (Lipinski definition) is 0. The van der Waals surface area contributed by atoms with Gasteiger partial charge in [0, 0.05) is 23.9 Å². The number of fused-ring (bicyclic) bond motifs is 1. The van der Waals surface area contributed by atoms with Gasteiger partial charge in [-0.25, -0.2) is 0 Å². The number of epoxide rings is 1. The van der Waals surface area contributed by atoms with E-state index >= 15 is 0 Å². The standard InChI is InChI=1S/C26H39NO5/c1-18(19-10-12-20(13-11-19)28-14-21-15-29-21)32-27-24(2,3)16-26(17-25(27,4)5)30-22-8-6-7-9-23(22)31-26/h10-13,18,21-23H,6-9,14-17H2,1-5H3. The van der Waals surface area contributed by atoms with Crippen LogP contribution in [0.2, 0.25) is 0 Å². The monoisotopic (exact) mass is 445 g/mol. The average Bonchev–Trinajstić information content (AvgIpc) is 3.49. The quantitative estimate of drug-likeness (QED) is 0.564. The molecular formula is C26H39NO5. The van der Waals surface area contributed by atoms with E-state index in [1.807, 2.05) is 12.1 Å². The maximum Gasteiger partial charge on any atom is 0.172 e. The molecule has 5 rings (SSSR count). The Labute approximate surface area is 192 Å². The van der Waals surface area contributed by atoms with Gasteiger partial charge in [0.25, 0.3) is 0 Å². The lowest BCUT2D eigenvalue weighted by Gasteiger charge is -2.56. The molecule has 32 heavy (non-hydrogen) atoms. The second kappa shape index (κ2) is 8.24. The third kappa shape index (κ3) is 4.58. The van der Waals surface area contributed by atoms with Crippen molar-refractivity contribution in [3.63, 3.8) is 0 Å². The molecule has 0 amide bonds. The summed E-state index contributed by atoms with van der Waals surface area (Å²) in [6, 6.07) is 8.21. The summed E-state index contributed by atoms with van der Waals surface area (Å²) in [6.45, 7) is 12.5. The van der Waals surface area contributed by atoms with E-state index in [4.69, 9.17) is 23.8 Å². The molecule has 3 heterocycles. The topological polar surface area (TPSA) is 52.7 Å². The van der Waals surface area contributed by atoms with Crippen LogP contribution in [0.4, 0.5) is 0 Å². The summed E-state index contributed by atoms with van der Waals surface area (Å²) in [5, 5.41) is 2.19. The fourth-order valence-electron chi connectivity index (χ4n) is 6.12. The molecular weight excluding hydrogens is 406 g/mol. The van der Waals surface area contributed by atoms with Gasteiger partial charge in [-0.15, -0.1) is 0 Å². The number of nitrogens with zero attached hydrogens (tertiary/aromatic N) is 1. The van der Waals surface area contributed by atoms with Crippen molar-refractivity contribution in [3.05, 3.63) is 29.8 Å². The van der Waals surface area contributed by atoms with Gasteiger partial charge in [-0.3, -0.25) is 4.84 Å². The highest BCUT2D eigenvalue weighted by Gasteiger charge is 2.60. The van der Waals surface area contributed by atoms with E-state index in [9.17, 15) is 0 Å². The Bertz CT molecular complexity index is 769. The summed E-state index contributed by atoms with van der Waals surface area (Å²) in [4.78, 5) is 6.64. The minimum Gasteiger partial charge on any atom is -0.491 e. The Hall–Kier alpha value is -1.18. The summed E-state index contributed by atoms with van der Waals surface area (Å²) in [7, 11) is 0. The second-order valence-corrected chi connectivity index (χ2v) is 11.4. The van der Waals surface area contributed by atoms with Crippen LogP contribution < -0.4 is 4.74 Å². The molecule has 1 aromatic rings. The van der Waals surface area contributed by atoms with Crippen LogP contribution in [0.1, 0.15) is 84.8 Å². The molecule has 4 aliphatic rings. The molecule has 0 N–H and O–H groups in total. The van der Waals surface area contributed by atoms with Crippen LogP contribution in [0.15, 0.2) is 24.3 Å². The molecule has 6 heteroatoms. The molecule has 6 nitrogen and oxygen atoms in total. The van der Waals surface area contributed by atoms with Crippen LogP contribution >= 0.6 is 0 Å². The SMILES string of the molecule is CC(ON1C(C)(C)CC2(CC1(C)C)OC1CCCCC1O2)c1ccc(OCC2CO2)cc1. The maximum absolute atomic E-state index is 6.64. The Morgan fingerprint density at radius 1 is 0.969 bits per heavy atom. The van der Waals surface area contributed by atoms with Gasteiger partial charge in [-0.1, -0.05) is 25.0 Å². The minimum absolute atomic E-state index is 0.0728. The Kier molecular flexibility index (Phi) is 5.82. The molecule has 4 atom stereocenters. The lowest BCUT2D eigenvalue weighted by Crippen LogP contribution is -2.65. The van der Waals surface area contributed by atoms with E-state index in [2.05, 4.69) is 51.8 Å². The van der Waals surface area contributed by atoms with Gasteiger partial charge in [-0.2, -0.15) is 5.06 Å². The molecule has 1 spiro atoms. The lowest BCUT2D eigenvalue weighted by molar-refractivity contribution is -0.352. The molecule has 1 aliphatic carbocycles. The summed E-state index contributed by atoms with van der Waals surface area (Å²) in [5.41, 5.74) is 0.680. The summed E-state index contributed by atoms with van der Waals surface area (Å²) in [6.07, 6.45) is 7.06. The summed E-state index contributed by atoms with van der Waals surface area (Å²) in [5.74, 6) is 0.369. The number of benzene rings is 1.